The fraction of sp³-hybridized carbons (Fsp3) is 0.574. The predicted molar refractivity (Wildman–Crippen MR) is 252 cm³/mol. The van der Waals surface area contributed by atoms with E-state index in [9.17, 15) is 33.9 Å². The number of anilines is 2. The Morgan fingerprint density at radius 2 is 1.55 bits per heavy atom. The highest BCUT2D eigenvalue weighted by Crippen LogP contribution is 2.55. The summed E-state index contributed by atoms with van der Waals surface area (Å²) in [4.78, 5) is 80.0. The molecule has 1 aliphatic heterocycles. The molecule has 2 aromatic rings. The van der Waals surface area contributed by atoms with E-state index in [1.54, 1.807) is 55.1 Å². The summed E-state index contributed by atoms with van der Waals surface area (Å²) in [6.07, 6.45) is 2.98. The number of aryl methyl sites for hydroxylation is 1. The summed E-state index contributed by atoms with van der Waals surface area (Å²) in [5.74, 6) is -1.19. The van der Waals surface area contributed by atoms with Crippen molar-refractivity contribution >= 4 is 55.6 Å². The van der Waals surface area contributed by atoms with Crippen LogP contribution in [-0.4, -0.2) is 98.7 Å². The number of nitrogens with one attached hydrogen (secondary N) is 5. The summed E-state index contributed by atoms with van der Waals surface area (Å²) < 4.78 is 17.7. The lowest BCUT2D eigenvalue weighted by molar-refractivity contribution is -0.128. The largest absolute Gasteiger partial charge is 0.542 e. The number of rotatable bonds is 22. The maximum Gasteiger partial charge on any atom is 0.411 e. The lowest BCUT2D eigenvalue weighted by atomic mass is 10.0. The van der Waals surface area contributed by atoms with Crippen molar-refractivity contribution in [3.8, 4) is 5.75 Å². The first-order valence-electron chi connectivity index (χ1n) is 22.6. The fourth-order valence-corrected chi connectivity index (χ4v) is 14.3. The molecule has 4 rings (SSSR count). The van der Waals surface area contributed by atoms with E-state index in [0.29, 0.717) is 30.0 Å². The predicted octanol–water partition coefficient (Wildman–Crippen LogP) is 7.09. The SMILES string of the molecule is C=CCOC(=O)N[C@H](C(=O)N[C@@H](CCCNC(N)=O)C(=O)Nc1ccc(COC(=O)Nc2cc(O[Si](C(C)C)(C(C)C)C(C)C)c(C)cc2C(=O)N2CC3(CC3)C[C@H]2CO)cc1)C(C)C. The van der Waals surface area contributed by atoms with Crippen LogP contribution in [0.15, 0.2) is 49.1 Å². The summed E-state index contributed by atoms with van der Waals surface area (Å²) in [7, 11) is -2.43. The first-order valence-corrected chi connectivity index (χ1v) is 24.8. The summed E-state index contributed by atoms with van der Waals surface area (Å²) >= 11 is 0. The first-order chi connectivity index (χ1) is 30.7. The Morgan fingerprint density at radius 1 is 0.908 bits per heavy atom. The molecule has 65 heavy (non-hydrogen) atoms. The molecule has 1 spiro atoms. The van der Waals surface area contributed by atoms with E-state index >= 15 is 0 Å². The van der Waals surface area contributed by atoms with Crippen LogP contribution in [0.4, 0.5) is 25.8 Å². The van der Waals surface area contributed by atoms with Gasteiger partial charge in [-0.15, -0.1) is 0 Å². The van der Waals surface area contributed by atoms with Crippen molar-refractivity contribution in [2.45, 2.75) is 136 Å². The molecule has 0 unspecified atom stereocenters. The van der Waals surface area contributed by atoms with Crippen molar-refractivity contribution in [2.24, 2.45) is 17.1 Å². The summed E-state index contributed by atoms with van der Waals surface area (Å²) in [6.45, 7) is 22.4. The Hall–Kier alpha value is -5.62. The zero-order chi connectivity index (χ0) is 48.2. The highest BCUT2D eigenvalue weighted by atomic mass is 28.4. The Labute approximate surface area is 384 Å². The van der Waals surface area contributed by atoms with E-state index in [1.165, 1.54) is 6.08 Å². The second-order valence-corrected chi connectivity index (χ2v) is 24.1. The highest BCUT2D eigenvalue weighted by Gasteiger charge is 2.53. The number of primary amides is 1. The quantitative estimate of drug-likeness (QED) is 0.0359. The van der Waals surface area contributed by atoms with Crippen LogP contribution in [0.3, 0.4) is 0 Å². The first kappa shape index (κ1) is 52.0. The molecule has 358 valence electrons. The van der Waals surface area contributed by atoms with E-state index < -0.39 is 50.4 Å². The molecule has 2 fully saturated rings. The monoisotopic (exact) mass is 922 g/mol. The van der Waals surface area contributed by atoms with E-state index in [2.05, 4.69) is 74.7 Å². The molecule has 18 heteroatoms. The molecule has 8 N–H and O–H groups in total. The smallest absolute Gasteiger partial charge is 0.411 e. The van der Waals surface area contributed by atoms with Gasteiger partial charge in [-0.2, -0.15) is 0 Å². The molecule has 2 aliphatic rings. The number of hydrogen-bond acceptors (Lipinski definition) is 10. The van der Waals surface area contributed by atoms with Crippen molar-refractivity contribution in [1.82, 2.24) is 20.9 Å². The van der Waals surface area contributed by atoms with Crippen LogP contribution < -0.4 is 36.7 Å². The van der Waals surface area contributed by atoms with Crippen molar-refractivity contribution in [2.75, 3.05) is 36.9 Å². The maximum absolute atomic E-state index is 14.3. The number of nitrogens with zero attached hydrogens (tertiary/aromatic N) is 1. The van der Waals surface area contributed by atoms with Gasteiger partial charge < -0.3 is 50.9 Å². The molecule has 7 amide bonds. The second kappa shape index (κ2) is 23.0. The van der Waals surface area contributed by atoms with Gasteiger partial charge >= 0.3 is 18.2 Å². The molecular formula is C47H71N7O10Si. The van der Waals surface area contributed by atoms with Crippen LogP contribution in [0.2, 0.25) is 16.6 Å². The molecule has 0 bridgehead atoms. The number of aliphatic hydroxyl groups excluding tert-OH is 1. The van der Waals surface area contributed by atoms with E-state index in [1.807, 2.05) is 6.92 Å². The fourth-order valence-electron chi connectivity index (χ4n) is 8.98. The number of benzene rings is 2. The number of amides is 7. The molecule has 1 saturated heterocycles. The summed E-state index contributed by atoms with van der Waals surface area (Å²) in [6, 6.07) is 6.94. The summed E-state index contributed by atoms with van der Waals surface area (Å²) in [5.41, 5.74) is 8.36. The highest BCUT2D eigenvalue weighted by molar-refractivity contribution is 6.78. The van der Waals surface area contributed by atoms with Crippen LogP contribution in [0, 0.1) is 18.3 Å². The van der Waals surface area contributed by atoms with Crippen molar-refractivity contribution in [3.63, 3.8) is 0 Å². The number of nitrogens with two attached hydrogens (primary N) is 1. The van der Waals surface area contributed by atoms with Gasteiger partial charge in [-0.05, 0) is 96.3 Å². The van der Waals surface area contributed by atoms with E-state index in [-0.39, 0.29) is 83.9 Å². The van der Waals surface area contributed by atoms with Gasteiger partial charge in [0.15, 0.2) is 0 Å². The molecule has 0 radical (unpaired) electrons. The lowest BCUT2D eigenvalue weighted by Crippen LogP contribution is -2.54. The third-order valence-corrected chi connectivity index (χ3v) is 18.6. The number of ether oxygens (including phenoxy) is 2. The number of hydrogen-bond donors (Lipinski definition) is 7. The minimum atomic E-state index is -2.43. The molecule has 2 aromatic carbocycles. The van der Waals surface area contributed by atoms with E-state index in [0.717, 1.165) is 24.8 Å². The van der Waals surface area contributed by atoms with Crippen molar-refractivity contribution < 1.29 is 47.8 Å². The molecule has 3 atom stereocenters. The Balaban J connectivity index is 1.49. The van der Waals surface area contributed by atoms with Crippen LogP contribution in [0.5, 0.6) is 5.75 Å². The normalized spacial score (nSPS) is 16.2. The average Bonchev–Trinajstić information content (AvgIpc) is 3.90. The lowest BCUT2D eigenvalue weighted by Gasteiger charge is -2.42. The topological polar surface area (TPSA) is 240 Å². The Morgan fingerprint density at radius 3 is 2.11 bits per heavy atom. The minimum absolute atomic E-state index is 0.0458. The number of carbonyl (C=O) groups is 6. The molecular weight excluding hydrogens is 851 g/mol. The third kappa shape index (κ3) is 13.7. The Kier molecular flexibility index (Phi) is 18.4. The van der Waals surface area contributed by atoms with Gasteiger partial charge in [0, 0.05) is 24.8 Å². The average molecular weight is 922 g/mol. The molecule has 1 heterocycles. The van der Waals surface area contributed by atoms with Gasteiger partial charge in [-0.1, -0.05) is 80.2 Å². The molecule has 1 saturated carbocycles. The van der Waals surface area contributed by atoms with Gasteiger partial charge in [-0.3, -0.25) is 19.7 Å². The number of aliphatic hydroxyl groups is 1. The van der Waals surface area contributed by atoms with Gasteiger partial charge in [-0.25, -0.2) is 14.4 Å². The van der Waals surface area contributed by atoms with Crippen molar-refractivity contribution in [3.05, 3.63) is 65.7 Å². The number of carbonyl (C=O) groups excluding carboxylic acids is 6. The van der Waals surface area contributed by atoms with Crippen LogP contribution in [0.25, 0.3) is 0 Å². The molecule has 0 aromatic heterocycles. The van der Waals surface area contributed by atoms with Gasteiger partial charge in [0.05, 0.1) is 23.9 Å². The van der Waals surface area contributed by atoms with Crippen LogP contribution >= 0.6 is 0 Å². The molecule has 17 nitrogen and oxygen atoms in total. The number of alkyl carbamates (subject to hydrolysis) is 1. The van der Waals surface area contributed by atoms with Gasteiger partial charge in [0.2, 0.25) is 11.8 Å². The molecule has 1 aliphatic carbocycles. The van der Waals surface area contributed by atoms with E-state index in [4.69, 9.17) is 19.6 Å². The van der Waals surface area contributed by atoms with Crippen LogP contribution in [-0.2, 0) is 25.7 Å². The number of likely N-dealkylation sites (tertiary alicyclic amines) is 1. The standard InChI is InChI=1S/C47H71N7O10Si/c1-11-21-62-46(61)53-40(28(2)3)42(57)51-37(13-12-20-49-44(48)59)41(56)50-34-16-14-33(15-17-34)26-63-45(60)52-38-23-39(64-65(29(4)5,30(6)7)31(8)9)32(10)22-36(38)43(58)54-27-47(18-19-47)24-35(54)25-55/h11,14-17,22-23,28-31,35,37,40,55H,1,12-13,18-21,24-27H2,2-10H3,(H,50,56)(H,51,57)(H,52,60)(H,53,61)(H3,48,49,59)/t35-,37-,40-/m0/s1. The van der Waals surface area contributed by atoms with Gasteiger partial charge in [0.25, 0.3) is 14.2 Å². The summed E-state index contributed by atoms with van der Waals surface area (Å²) in [5, 5.41) is 23.6. The number of urea groups is 1. The van der Waals surface area contributed by atoms with Crippen LogP contribution in [0.1, 0.15) is 109 Å². The minimum Gasteiger partial charge on any atom is -0.542 e. The van der Waals surface area contributed by atoms with Crippen molar-refractivity contribution in [1.29, 1.82) is 0 Å². The zero-order valence-corrected chi connectivity index (χ0v) is 40.5. The third-order valence-electron chi connectivity index (χ3n) is 12.6. The van der Waals surface area contributed by atoms with Gasteiger partial charge in [0.1, 0.15) is 31.0 Å². The Bertz CT molecular complexity index is 2000. The maximum atomic E-state index is 14.3. The zero-order valence-electron chi connectivity index (χ0n) is 39.5. The second-order valence-electron chi connectivity index (χ2n) is 18.7.